The van der Waals surface area contributed by atoms with Crippen molar-refractivity contribution in [3.8, 4) is 11.1 Å². The second kappa shape index (κ2) is 49.4. The van der Waals surface area contributed by atoms with Crippen molar-refractivity contribution < 1.29 is 103 Å². The van der Waals surface area contributed by atoms with Crippen LogP contribution < -0.4 is 89.1 Å². The van der Waals surface area contributed by atoms with Gasteiger partial charge in [-0.25, -0.2) is 26.4 Å². The number of imide groups is 1. The molecule has 15 rings (SSSR count). The minimum atomic E-state index is -4.73. The molecule has 0 atom stereocenters. The number of nitrogens with two attached hydrogens (primary N) is 2. The Balaban J connectivity index is 0.000000176. The molecule has 12 aromatic carbocycles. The van der Waals surface area contributed by atoms with E-state index < -0.39 is 30.8 Å². The van der Waals surface area contributed by atoms with Crippen LogP contribution in [0.5, 0.6) is 0 Å². The van der Waals surface area contributed by atoms with Crippen molar-refractivity contribution in [1.29, 1.82) is 0 Å². The number of hydrogen-bond acceptors (Lipinski definition) is 22. The van der Waals surface area contributed by atoms with E-state index in [9.17, 15) is 73.9 Å². The maximum atomic E-state index is 12.7. The van der Waals surface area contributed by atoms with Gasteiger partial charge in [0.1, 0.15) is 37.2 Å². The van der Waals surface area contributed by atoms with Gasteiger partial charge in [-0.1, -0.05) is 171 Å². The van der Waals surface area contributed by atoms with E-state index >= 15 is 0 Å². The Morgan fingerprint density at radius 3 is 1.65 bits per heavy atom. The number of hydrogen-bond donors (Lipinski definition) is 8. The quantitative estimate of drug-likeness (QED) is 0.00198. The average Bonchev–Trinajstić information content (AvgIpc) is 0.773. The van der Waals surface area contributed by atoms with Crippen LogP contribution in [-0.4, -0.2) is 124 Å². The Bertz CT molecular complexity index is 7250. The summed E-state index contributed by atoms with van der Waals surface area (Å²) in [6.07, 6.45) is 10.2. The van der Waals surface area contributed by atoms with Crippen LogP contribution in [0.1, 0.15) is 97.4 Å². The number of fused-ring (bicyclic) bond motifs is 3. The van der Waals surface area contributed by atoms with Crippen LogP contribution >= 0.6 is 67.8 Å². The Kier molecular flexibility index (Phi) is 38.7. The fourth-order valence-electron chi connectivity index (χ4n) is 15.3. The summed E-state index contributed by atoms with van der Waals surface area (Å²) in [5, 5.41) is 27.9. The van der Waals surface area contributed by atoms with Crippen molar-refractivity contribution in [3.63, 3.8) is 0 Å². The summed E-state index contributed by atoms with van der Waals surface area (Å²) in [6, 6.07) is 62.9. The number of rotatable bonds is 30. The summed E-state index contributed by atoms with van der Waals surface area (Å²) in [5.74, 6) is -1.27. The Morgan fingerprint density at radius 2 is 1.04 bits per heavy atom. The normalized spacial score (nSPS) is 11.7. The van der Waals surface area contributed by atoms with Gasteiger partial charge in [0.05, 0.1) is 47.2 Å². The SMILES string of the molecule is CC(=O)Nc1ccc(/C=C/c2ccc(NC(=O)CI)cc2C)c(S(=O)(=O)[O-])c1.CCN(CC)c1ccc2c(C)c(-c3ccc(NC(=O)CI)cc3)c(=O)oc2c1.Cc1cc2c(C)c(CC(=O)NCCCCCN3C(=O)C=CC3=O)c(=O)oc2cc1N.NCC(=O)CCCc1ccc2ccc3cccc4ccc1c2c34.O=C(CI)Nc1ccc(Nc2ccc3cc(S(=O)(=O)[O-])ccc3c2)cc1.[Na+]. The van der Waals surface area contributed by atoms with Crippen LogP contribution in [0.4, 0.5) is 45.5 Å². The van der Waals surface area contributed by atoms with Gasteiger partial charge in [-0.3, -0.25) is 43.3 Å². The van der Waals surface area contributed by atoms with E-state index in [2.05, 4.69) is 111 Å². The number of carbonyl (C=O) groups is 8. The summed E-state index contributed by atoms with van der Waals surface area (Å²) in [7, 11) is -9.19. The Hall–Kier alpha value is -11.6. The molecule has 0 spiro atoms. The van der Waals surface area contributed by atoms with Crippen LogP contribution in [0.3, 0.4) is 0 Å². The molecular formula is C102H99I3N10NaO18S2-. The summed E-state index contributed by atoms with van der Waals surface area (Å²) in [5.41, 5.74) is 24.3. The molecule has 3 heterocycles. The van der Waals surface area contributed by atoms with Crippen molar-refractivity contribution in [3.05, 3.63) is 284 Å². The maximum Gasteiger partial charge on any atom is 1.00 e. The molecule has 0 saturated carbocycles. The van der Waals surface area contributed by atoms with E-state index in [-0.39, 0.29) is 111 Å². The summed E-state index contributed by atoms with van der Waals surface area (Å²) >= 11 is 5.99. The first-order chi connectivity index (χ1) is 64.5. The zero-order valence-corrected chi connectivity index (χ0v) is 86.0. The van der Waals surface area contributed by atoms with Crippen molar-refractivity contribution in [2.75, 3.05) is 83.2 Å². The van der Waals surface area contributed by atoms with Crippen molar-refractivity contribution in [2.45, 2.75) is 103 Å². The van der Waals surface area contributed by atoms with Gasteiger partial charge in [-0.15, -0.1) is 0 Å². The number of Topliss-reactive ketones (excluding diaryl/α,β-unsaturated/α-hetero) is 1. The van der Waals surface area contributed by atoms with Crippen LogP contribution in [0.2, 0.25) is 0 Å². The topological polar surface area (TPSA) is 442 Å². The Labute approximate surface area is 849 Å². The maximum absolute atomic E-state index is 12.7. The number of anilines is 8. The molecule has 2 aromatic heterocycles. The number of aryl methyl sites for hydroxylation is 5. The molecular weight excluding hydrogens is 2120 g/mol. The number of nitrogens with zero attached hydrogens (tertiary/aromatic N) is 2. The third-order valence-electron chi connectivity index (χ3n) is 22.3. The van der Waals surface area contributed by atoms with Crippen LogP contribution in [0, 0.1) is 27.7 Å². The molecule has 0 unspecified atom stereocenters. The number of nitrogen functional groups attached to an aromatic ring is 1. The molecule has 34 heteroatoms. The minimum Gasteiger partial charge on any atom is -0.744 e. The number of unbranched alkanes of at least 4 members (excludes halogenated alkanes) is 2. The van der Waals surface area contributed by atoms with E-state index in [4.69, 9.17) is 20.3 Å². The first-order valence-corrected chi connectivity index (χ1v) is 50.4. The zero-order valence-electron chi connectivity index (χ0n) is 75.9. The average molecular weight is 2220 g/mol. The molecule has 0 aliphatic carbocycles. The molecule has 0 fully saturated rings. The first-order valence-electron chi connectivity index (χ1n) is 43.0. The van der Waals surface area contributed by atoms with Crippen LogP contribution in [-0.2, 0) is 71.4 Å². The summed E-state index contributed by atoms with van der Waals surface area (Å²) in [4.78, 5) is 120. The number of alkyl halides is 3. The van der Waals surface area contributed by atoms with Gasteiger partial charge in [-0.05, 0) is 264 Å². The predicted molar refractivity (Wildman–Crippen MR) is 559 cm³/mol. The zero-order chi connectivity index (χ0) is 97.5. The molecule has 1 aliphatic rings. The molecule has 0 bridgehead atoms. The number of benzene rings is 12. The van der Waals surface area contributed by atoms with Crippen molar-refractivity contribution >= 4 is 258 Å². The van der Waals surface area contributed by atoms with E-state index in [1.165, 1.54) is 92.2 Å². The molecule has 7 amide bonds. The molecule has 0 saturated heterocycles. The fourth-order valence-corrected chi connectivity index (χ4v) is 17.1. The third kappa shape index (κ3) is 28.5. The van der Waals surface area contributed by atoms with Gasteiger partial charge >= 0.3 is 40.8 Å². The summed E-state index contributed by atoms with van der Waals surface area (Å²) in [6.45, 7) is 15.7. The fraction of sp³-hybridized carbons (Fsp3) is 0.216. The van der Waals surface area contributed by atoms with Crippen molar-refractivity contribution in [2.24, 2.45) is 5.73 Å². The van der Waals surface area contributed by atoms with Gasteiger partial charge < -0.3 is 66.2 Å². The largest absolute Gasteiger partial charge is 1.00 e. The molecule has 136 heavy (non-hydrogen) atoms. The number of amides is 7. The molecule has 10 N–H and O–H groups in total. The smallest absolute Gasteiger partial charge is 0.744 e. The number of halogens is 3. The summed E-state index contributed by atoms with van der Waals surface area (Å²) < 4.78 is 80.3. The molecule has 0 radical (unpaired) electrons. The van der Waals surface area contributed by atoms with Crippen LogP contribution in [0.25, 0.3) is 88.3 Å². The second-order valence-corrected chi connectivity index (χ2v) is 36.7. The first kappa shape index (κ1) is 106. The van der Waals surface area contributed by atoms with Gasteiger partial charge in [0.2, 0.25) is 29.5 Å². The number of carbonyl (C=O) groups excluding carboxylic acids is 8. The number of nitrogens with one attached hydrogen (secondary N) is 6. The van der Waals surface area contributed by atoms with E-state index in [0.717, 1.165) is 105 Å². The van der Waals surface area contributed by atoms with E-state index in [0.29, 0.717) is 95.9 Å². The monoisotopic (exact) mass is 2220 g/mol. The predicted octanol–water partition coefficient (Wildman–Crippen LogP) is 15.4. The van der Waals surface area contributed by atoms with Gasteiger partial charge in [0.25, 0.3) is 11.8 Å². The van der Waals surface area contributed by atoms with Crippen molar-refractivity contribution in [1.82, 2.24) is 10.2 Å². The van der Waals surface area contributed by atoms with Gasteiger partial charge in [0, 0.05) is 120 Å². The molecule has 28 nitrogen and oxygen atoms in total. The van der Waals surface area contributed by atoms with E-state index in [1.807, 2.05) is 137 Å². The van der Waals surface area contributed by atoms with Gasteiger partial charge in [0.15, 0.2) is 0 Å². The van der Waals surface area contributed by atoms with Gasteiger partial charge in [-0.2, -0.15) is 0 Å². The molecule has 14 aromatic rings. The molecule has 1 aliphatic heterocycles. The second-order valence-electron chi connectivity index (χ2n) is 31.7. The third-order valence-corrected chi connectivity index (χ3v) is 26.1. The Morgan fingerprint density at radius 1 is 0.500 bits per heavy atom. The minimum absolute atomic E-state index is 0. The van der Waals surface area contributed by atoms with Crippen LogP contribution in [0.15, 0.2) is 247 Å². The molecule has 700 valence electrons. The number of ketones is 1. The standard InChI is InChI=1S/C22H23IN2O3.C22H25N3O5.C21H19NO.C19H19IN2O5S.C18H15IN2O4S.Na/c1-4-25(5-2)17-10-11-18-14(3)21(22(27)28-19(18)12-17)15-6-8-16(9-7-15)24-20(26)13-23;1-13-10-15-14(2)16(22(29)30-18(15)12-17(13)23)11-19(26)24-8-4-3-5-9-25-20(27)6-7-21(25)28;22-13-18(23)6-2-3-14-7-8-17-10-9-15-4-1-5-16-11-12-19(14)21(17)20(15)16;1-12-9-16(22-19(24)11-20)7-5-14(12)3-4-15-6-8-17(21-13(2)23)10-18(15)28(25,26)27;19-11-18(22)21-15-6-4-14(5-7-15)20-16-3-1-13-10-17(26(23,24)25)8-2-12(13)9-16;/h6-12H,4-5,13H2,1-3H3,(H,24,26);6-7,10,12H,3-5,8-9,11,23H2,1-2H3,(H,24,26);1,4-5,7-12H,2-3,6,13,22H2;3-10H,11H2,1-2H3,(H,21,23)(H,22,24)(H,25,26,27);1-10,20H,11H2,(H,21,22)(H,23,24,25);/q;;;;;+1/p-2/b;;;4-3+;;. The van der Waals surface area contributed by atoms with E-state index in [1.54, 1.807) is 79.7 Å².